The summed E-state index contributed by atoms with van der Waals surface area (Å²) in [6.45, 7) is 0. The molecular weight excluding hydrogens is 225 g/mol. The molecule has 0 aromatic carbocycles. The van der Waals surface area contributed by atoms with Gasteiger partial charge in [0.25, 0.3) is 0 Å². The number of rotatable bonds is 1. The molecule has 1 rings (SSSR count). The third-order valence-corrected chi connectivity index (χ3v) is 5.16. The Hall–Kier alpha value is 0.690. The molecule has 1 aliphatic rings. The molecule has 0 spiro atoms. The van der Waals surface area contributed by atoms with Crippen molar-refractivity contribution in [3.8, 4) is 0 Å². The van der Waals surface area contributed by atoms with E-state index in [1.165, 1.54) is 25.7 Å². The summed E-state index contributed by atoms with van der Waals surface area (Å²) < 4.78 is 0.942. The maximum absolute atomic E-state index is 5.92. The topological polar surface area (TPSA) is 26.0 Å². The zero-order valence-corrected chi connectivity index (χ0v) is 8.10. The summed E-state index contributed by atoms with van der Waals surface area (Å²) in [6.07, 6.45) is 5.52. The van der Waals surface area contributed by atoms with E-state index in [2.05, 4.69) is 4.93 Å². The van der Waals surface area contributed by atoms with Crippen molar-refractivity contribution in [2.75, 3.05) is 4.93 Å². The number of alkyl halides is 2. The van der Waals surface area contributed by atoms with Crippen molar-refractivity contribution in [2.45, 2.75) is 35.6 Å². The molecule has 0 amide bonds. The fraction of sp³-hybridized carbons (Fsp3) is 1.00. The molecule has 0 unspecified atom stereocenters. The first-order chi connectivity index (χ1) is 4.34. The summed E-state index contributed by atoms with van der Waals surface area (Å²) in [6, 6.07) is 0.566. The maximum atomic E-state index is 5.92. The van der Waals surface area contributed by atoms with Crippen molar-refractivity contribution in [2.24, 2.45) is 5.73 Å². The van der Waals surface area contributed by atoms with Crippen LogP contribution in [-0.4, -0.2) is 14.9 Å². The van der Waals surface area contributed by atoms with Gasteiger partial charge in [-0.25, -0.2) is 0 Å². The van der Waals surface area contributed by atoms with Crippen LogP contribution in [0.3, 0.4) is 0 Å². The molecule has 2 N–H and O–H groups in total. The van der Waals surface area contributed by atoms with Gasteiger partial charge in [0.05, 0.1) is 0 Å². The summed E-state index contributed by atoms with van der Waals surface area (Å²) in [5.41, 5.74) is 5.92. The van der Waals surface area contributed by atoms with Crippen LogP contribution in [0.5, 0.6) is 0 Å². The van der Waals surface area contributed by atoms with Gasteiger partial charge in [-0.3, -0.25) is 0 Å². The van der Waals surface area contributed by atoms with Gasteiger partial charge >= 0.3 is 67.5 Å². The van der Waals surface area contributed by atoms with Gasteiger partial charge in [0.2, 0.25) is 0 Å². The Bertz CT molecular complexity index is 85.0. The van der Waals surface area contributed by atoms with Crippen LogP contribution in [0.2, 0.25) is 0 Å². The van der Waals surface area contributed by atoms with Gasteiger partial charge in [-0.15, -0.1) is 0 Å². The first-order valence-corrected chi connectivity index (χ1v) is 6.98. The van der Waals surface area contributed by atoms with Crippen LogP contribution in [0, 0.1) is 0 Å². The van der Waals surface area contributed by atoms with E-state index in [0.29, 0.717) is 27.2 Å². The number of hydrogen-bond acceptors (Lipinski definition) is 1. The van der Waals surface area contributed by atoms with E-state index in [4.69, 9.17) is 5.73 Å². The van der Waals surface area contributed by atoms with Crippen molar-refractivity contribution >= 4 is 0 Å². The SMILES string of the molecule is C[I-][C@@H]1CCCC[C@@H]1N. The molecule has 0 saturated heterocycles. The Balaban J connectivity index is 2.30. The Morgan fingerprint density at radius 1 is 1.33 bits per heavy atom. The summed E-state index contributed by atoms with van der Waals surface area (Å²) in [5, 5.41) is 0. The van der Waals surface area contributed by atoms with E-state index in [1.54, 1.807) is 0 Å². The van der Waals surface area contributed by atoms with Gasteiger partial charge < -0.3 is 0 Å². The second-order valence-electron chi connectivity index (χ2n) is 2.68. The molecule has 2 atom stereocenters. The number of nitrogens with two attached hydrogens (primary N) is 1. The van der Waals surface area contributed by atoms with Crippen molar-refractivity contribution in [1.82, 2.24) is 0 Å². The Labute approximate surface area is 67.6 Å². The van der Waals surface area contributed by atoms with Crippen LogP contribution >= 0.6 is 0 Å². The molecular formula is C7H15IN-. The summed E-state index contributed by atoms with van der Waals surface area (Å²) in [7, 11) is 0. The zero-order valence-electron chi connectivity index (χ0n) is 5.94. The van der Waals surface area contributed by atoms with Gasteiger partial charge in [0.15, 0.2) is 0 Å². The van der Waals surface area contributed by atoms with E-state index in [-0.39, 0.29) is 0 Å². The van der Waals surface area contributed by atoms with Gasteiger partial charge in [0.1, 0.15) is 0 Å². The molecule has 0 radical (unpaired) electrons. The molecule has 56 valence electrons. The van der Waals surface area contributed by atoms with E-state index >= 15 is 0 Å². The predicted molar refractivity (Wildman–Crippen MR) is 36.2 cm³/mol. The van der Waals surface area contributed by atoms with E-state index < -0.39 is 0 Å². The number of hydrogen-bond donors (Lipinski definition) is 1. The third kappa shape index (κ3) is 2.08. The Morgan fingerprint density at radius 2 is 2.00 bits per heavy atom. The molecule has 0 heterocycles. The van der Waals surface area contributed by atoms with Crippen LogP contribution in [0.1, 0.15) is 25.7 Å². The zero-order chi connectivity index (χ0) is 6.69. The van der Waals surface area contributed by atoms with Gasteiger partial charge in [-0.2, -0.15) is 0 Å². The van der Waals surface area contributed by atoms with Crippen molar-refractivity contribution in [1.29, 1.82) is 0 Å². The minimum atomic E-state index is 0.421. The van der Waals surface area contributed by atoms with Crippen molar-refractivity contribution < 1.29 is 21.2 Å². The molecule has 0 aliphatic heterocycles. The van der Waals surface area contributed by atoms with E-state index in [1.807, 2.05) is 0 Å². The summed E-state index contributed by atoms with van der Waals surface area (Å²) >= 11 is 0.421. The first-order valence-electron chi connectivity index (χ1n) is 3.58. The van der Waals surface area contributed by atoms with Crippen LogP contribution < -0.4 is 26.9 Å². The fourth-order valence-corrected chi connectivity index (χ4v) is 3.73. The number of halogens is 1. The standard InChI is InChI=1S/C7H15IN/c1-8-6-4-2-3-5-7(6)9/h6-7H,2-5,9H2,1H3/q-1/t6-,7+/m1/s1. The predicted octanol–water partition coefficient (Wildman–Crippen LogP) is -2.02. The quantitative estimate of drug-likeness (QED) is 0.415. The Morgan fingerprint density at radius 3 is 2.44 bits per heavy atom. The first kappa shape index (κ1) is 7.79. The summed E-state index contributed by atoms with van der Waals surface area (Å²) in [4.78, 5) is 2.36. The molecule has 1 saturated carbocycles. The van der Waals surface area contributed by atoms with Crippen LogP contribution in [0.25, 0.3) is 0 Å². The van der Waals surface area contributed by atoms with Crippen molar-refractivity contribution in [3.63, 3.8) is 0 Å². The molecule has 9 heavy (non-hydrogen) atoms. The molecule has 0 aromatic rings. The minimum absolute atomic E-state index is 0.421. The summed E-state index contributed by atoms with van der Waals surface area (Å²) in [5.74, 6) is 0. The average Bonchev–Trinajstić information content (AvgIpc) is 1.89. The molecule has 2 heteroatoms. The van der Waals surface area contributed by atoms with Gasteiger partial charge in [0, 0.05) is 0 Å². The molecule has 1 nitrogen and oxygen atoms in total. The van der Waals surface area contributed by atoms with Crippen molar-refractivity contribution in [3.05, 3.63) is 0 Å². The van der Waals surface area contributed by atoms with Gasteiger partial charge in [-0.1, -0.05) is 0 Å². The molecule has 0 bridgehead atoms. The monoisotopic (exact) mass is 240 g/mol. The second-order valence-corrected chi connectivity index (χ2v) is 5.53. The van der Waals surface area contributed by atoms with Crippen LogP contribution in [-0.2, 0) is 0 Å². The normalized spacial score (nSPS) is 37.1. The van der Waals surface area contributed by atoms with Crippen LogP contribution in [0.4, 0.5) is 0 Å². The average molecular weight is 240 g/mol. The fourth-order valence-electron chi connectivity index (χ4n) is 1.39. The molecule has 1 aliphatic carbocycles. The van der Waals surface area contributed by atoms with Gasteiger partial charge in [-0.05, 0) is 0 Å². The Kier molecular flexibility index (Phi) is 3.26. The van der Waals surface area contributed by atoms with Crippen LogP contribution in [0.15, 0.2) is 0 Å². The second kappa shape index (κ2) is 3.76. The van der Waals surface area contributed by atoms with E-state index in [0.717, 1.165) is 3.92 Å². The van der Waals surface area contributed by atoms with E-state index in [9.17, 15) is 0 Å². The third-order valence-electron chi connectivity index (χ3n) is 2.01. The molecule has 0 aromatic heterocycles. The molecule has 1 fully saturated rings.